The molecule has 3 rings (SSSR count). The summed E-state index contributed by atoms with van der Waals surface area (Å²) in [5.41, 5.74) is 3.46. The molecule has 0 aliphatic carbocycles. The number of benzene rings is 1. The van der Waals surface area contributed by atoms with Crippen LogP contribution in [0.3, 0.4) is 0 Å². The molecule has 0 saturated heterocycles. The number of hydrogen-bond donors (Lipinski definition) is 2. The molecule has 0 radical (unpaired) electrons. The summed E-state index contributed by atoms with van der Waals surface area (Å²) in [6.07, 6.45) is 0.947. The molecular weight excluding hydrogens is 250 g/mol. The molecule has 0 amide bonds. The molecule has 0 atom stereocenters. The maximum atomic E-state index is 4.64. The molecular formula is C15H19N5. The van der Waals surface area contributed by atoms with Crippen LogP contribution in [0.4, 0.5) is 17.5 Å². The van der Waals surface area contributed by atoms with Gasteiger partial charge in [0, 0.05) is 44.9 Å². The highest BCUT2D eigenvalue weighted by molar-refractivity contribution is 5.64. The van der Waals surface area contributed by atoms with E-state index in [9.17, 15) is 0 Å². The van der Waals surface area contributed by atoms with Crippen molar-refractivity contribution in [3.63, 3.8) is 0 Å². The zero-order valence-electron chi connectivity index (χ0n) is 11.8. The van der Waals surface area contributed by atoms with Crippen LogP contribution in [0.15, 0.2) is 30.3 Å². The van der Waals surface area contributed by atoms with Crippen molar-refractivity contribution in [1.29, 1.82) is 0 Å². The summed E-state index contributed by atoms with van der Waals surface area (Å²) < 4.78 is 0. The maximum Gasteiger partial charge on any atom is 0.224 e. The van der Waals surface area contributed by atoms with Gasteiger partial charge in [-0.1, -0.05) is 18.2 Å². The van der Waals surface area contributed by atoms with Crippen molar-refractivity contribution in [2.24, 2.45) is 0 Å². The molecule has 1 aromatic heterocycles. The molecule has 5 nitrogen and oxygen atoms in total. The lowest BCUT2D eigenvalue weighted by Gasteiger charge is -2.26. The topological polar surface area (TPSA) is 53.1 Å². The normalized spacial score (nSPS) is 13.7. The van der Waals surface area contributed by atoms with Crippen molar-refractivity contribution in [2.75, 3.05) is 30.9 Å². The minimum absolute atomic E-state index is 0.684. The smallest absolute Gasteiger partial charge is 0.224 e. The lowest BCUT2D eigenvalue weighted by molar-refractivity contribution is 0.626. The fourth-order valence-corrected chi connectivity index (χ4v) is 2.49. The summed E-state index contributed by atoms with van der Waals surface area (Å²) in [7, 11) is 3.90. The molecule has 1 aromatic carbocycles. The molecule has 0 saturated carbocycles. The van der Waals surface area contributed by atoms with Crippen LogP contribution in [0.5, 0.6) is 0 Å². The molecule has 0 unspecified atom stereocenters. The van der Waals surface area contributed by atoms with Crippen LogP contribution in [0, 0.1) is 0 Å². The van der Waals surface area contributed by atoms with E-state index in [1.807, 2.05) is 32.3 Å². The van der Waals surface area contributed by atoms with Gasteiger partial charge in [-0.3, -0.25) is 0 Å². The first-order valence-electron chi connectivity index (χ1n) is 6.86. The van der Waals surface area contributed by atoms with E-state index < -0.39 is 0 Å². The standard InChI is InChI=1S/C15H19N5/c1-16-15-18-13-8-9-17-10-12(13)14(19-15)20(2)11-6-4-3-5-7-11/h3-7,17H,8-10H2,1-2H3,(H,16,18,19). The second-order valence-corrected chi connectivity index (χ2v) is 4.87. The van der Waals surface area contributed by atoms with Crippen molar-refractivity contribution < 1.29 is 0 Å². The second-order valence-electron chi connectivity index (χ2n) is 4.87. The zero-order valence-corrected chi connectivity index (χ0v) is 11.8. The summed E-state index contributed by atoms with van der Waals surface area (Å²) in [6.45, 7) is 1.80. The van der Waals surface area contributed by atoms with Crippen molar-refractivity contribution in [3.8, 4) is 0 Å². The van der Waals surface area contributed by atoms with E-state index in [4.69, 9.17) is 0 Å². The SMILES string of the molecule is CNc1nc2c(c(N(C)c3ccccc3)n1)CNCC2. The fraction of sp³-hybridized carbons (Fsp3) is 0.333. The number of hydrogen-bond acceptors (Lipinski definition) is 5. The molecule has 2 aromatic rings. The van der Waals surface area contributed by atoms with Crippen molar-refractivity contribution in [1.82, 2.24) is 15.3 Å². The number of nitrogens with one attached hydrogen (secondary N) is 2. The third-order valence-corrected chi connectivity index (χ3v) is 3.60. The van der Waals surface area contributed by atoms with E-state index in [1.54, 1.807) is 0 Å². The van der Waals surface area contributed by atoms with E-state index in [0.717, 1.165) is 36.7 Å². The van der Waals surface area contributed by atoms with Gasteiger partial charge >= 0.3 is 0 Å². The first-order valence-corrected chi connectivity index (χ1v) is 6.86. The summed E-state index contributed by atoms with van der Waals surface area (Å²) >= 11 is 0. The average Bonchev–Trinajstić information content (AvgIpc) is 2.54. The van der Waals surface area contributed by atoms with Gasteiger partial charge in [0.05, 0.1) is 5.69 Å². The highest BCUT2D eigenvalue weighted by Crippen LogP contribution is 2.29. The van der Waals surface area contributed by atoms with Gasteiger partial charge in [-0.2, -0.15) is 4.98 Å². The zero-order chi connectivity index (χ0) is 13.9. The van der Waals surface area contributed by atoms with Crippen LogP contribution in [0.1, 0.15) is 11.3 Å². The molecule has 2 heterocycles. The highest BCUT2D eigenvalue weighted by Gasteiger charge is 2.20. The number of fused-ring (bicyclic) bond motifs is 1. The van der Waals surface area contributed by atoms with Gasteiger partial charge in [0.15, 0.2) is 0 Å². The summed E-state index contributed by atoms with van der Waals surface area (Å²) in [5.74, 6) is 1.65. The van der Waals surface area contributed by atoms with Crippen molar-refractivity contribution in [3.05, 3.63) is 41.6 Å². The summed E-state index contributed by atoms with van der Waals surface area (Å²) in [4.78, 5) is 11.3. The van der Waals surface area contributed by atoms with Crippen LogP contribution in [0.2, 0.25) is 0 Å². The van der Waals surface area contributed by atoms with Crippen LogP contribution in [0.25, 0.3) is 0 Å². The largest absolute Gasteiger partial charge is 0.357 e. The third kappa shape index (κ3) is 2.32. The van der Waals surface area contributed by atoms with Crippen molar-refractivity contribution >= 4 is 17.5 Å². The molecule has 104 valence electrons. The Balaban J connectivity index is 2.07. The Morgan fingerprint density at radius 1 is 1.20 bits per heavy atom. The molecule has 2 N–H and O–H groups in total. The van der Waals surface area contributed by atoms with E-state index in [2.05, 4.69) is 37.6 Å². The molecule has 20 heavy (non-hydrogen) atoms. The fourth-order valence-electron chi connectivity index (χ4n) is 2.49. The van der Waals surface area contributed by atoms with E-state index >= 15 is 0 Å². The number of nitrogens with zero attached hydrogens (tertiary/aromatic N) is 3. The Morgan fingerprint density at radius 2 is 2.00 bits per heavy atom. The van der Waals surface area contributed by atoms with E-state index in [-0.39, 0.29) is 0 Å². The Kier molecular flexibility index (Phi) is 3.52. The van der Waals surface area contributed by atoms with Crippen LogP contribution >= 0.6 is 0 Å². The van der Waals surface area contributed by atoms with Crippen molar-refractivity contribution in [2.45, 2.75) is 13.0 Å². The summed E-state index contributed by atoms with van der Waals surface area (Å²) in [6, 6.07) is 10.3. The maximum absolute atomic E-state index is 4.64. The van der Waals surface area contributed by atoms with Gasteiger partial charge < -0.3 is 15.5 Å². The van der Waals surface area contributed by atoms with Gasteiger partial charge in [0.25, 0.3) is 0 Å². The van der Waals surface area contributed by atoms with Gasteiger partial charge in [-0.25, -0.2) is 4.98 Å². The molecule has 0 bridgehead atoms. The molecule has 1 aliphatic rings. The van der Waals surface area contributed by atoms with Crippen LogP contribution in [-0.2, 0) is 13.0 Å². The number of para-hydroxylation sites is 1. The Labute approximate surface area is 119 Å². The minimum atomic E-state index is 0.684. The minimum Gasteiger partial charge on any atom is -0.357 e. The lowest BCUT2D eigenvalue weighted by Crippen LogP contribution is -2.28. The quantitative estimate of drug-likeness (QED) is 0.891. The molecule has 1 aliphatic heterocycles. The van der Waals surface area contributed by atoms with Crippen LogP contribution < -0.4 is 15.5 Å². The van der Waals surface area contributed by atoms with Gasteiger partial charge in [-0.05, 0) is 12.1 Å². The van der Waals surface area contributed by atoms with Crippen LogP contribution in [-0.4, -0.2) is 30.6 Å². The average molecular weight is 269 g/mol. The Morgan fingerprint density at radius 3 is 2.75 bits per heavy atom. The van der Waals surface area contributed by atoms with Gasteiger partial charge in [0.1, 0.15) is 5.82 Å². The molecule has 5 heteroatoms. The molecule has 0 fully saturated rings. The second kappa shape index (κ2) is 5.46. The van der Waals surface area contributed by atoms with Gasteiger partial charge in [0.2, 0.25) is 5.95 Å². The highest BCUT2D eigenvalue weighted by atomic mass is 15.2. The monoisotopic (exact) mass is 269 g/mol. The van der Waals surface area contributed by atoms with E-state index in [1.165, 1.54) is 5.56 Å². The first kappa shape index (κ1) is 12.9. The number of aromatic nitrogens is 2. The first-order chi connectivity index (χ1) is 9.79. The Bertz CT molecular complexity index is 597. The Hall–Kier alpha value is -2.14. The lowest BCUT2D eigenvalue weighted by atomic mass is 10.1. The predicted molar refractivity (Wildman–Crippen MR) is 81.5 cm³/mol. The number of anilines is 3. The van der Waals surface area contributed by atoms with Gasteiger partial charge in [-0.15, -0.1) is 0 Å². The molecule has 0 spiro atoms. The number of rotatable bonds is 3. The third-order valence-electron chi connectivity index (χ3n) is 3.60. The predicted octanol–water partition coefficient (Wildman–Crippen LogP) is 1.93. The summed E-state index contributed by atoms with van der Waals surface area (Å²) in [5, 5.41) is 6.45. The van der Waals surface area contributed by atoms with E-state index in [0.29, 0.717) is 5.95 Å².